The lowest BCUT2D eigenvalue weighted by Gasteiger charge is -2.18. The highest BCUT2D eigenvalue weighted by molar-refractivity contribution is 6.13. The summed E-state index contributed by atoms with van der Waals surface area (Å²) < 4.78 is 4.64. The Hall–Kier alpha value is -8.92. The minimum Gasteiger partial charge on any atom is -0.309 e. The number of nitriles is 1. The standard InChI is InChI=1S/C58H36N6/c59-37-42-29-32-47(58-61-56(38-17-5-1-6-18-38)60-57(62-58)39-19-7-2-8-20-39)55(41-31-34-53-49(36-41)46-26-14-16-28-51(46)64(53)44-23-11-4-12-24-44)54(42)40-30-33-52-48(35-40)45-25-13-15-27-50(45)63(52)43-21-9-3-10-22-43/h1-36H. The lowest BCUT2D eigenvalue weighted by atomic mass is 9.86. The van der Waals surface area contributed by atoms with Gasteiger partial charge in [0.05, 0.1) is 33.7 Å². The van der Waals surface area contributed by atoms with Gasteiger partial charge in [-0.05, 0) is 83.9 Å². The van der Waals surface area contributed by atoms with E-state index in [-0.39, 0.29) is 0 Å². The first kappa shape index (κ1) is 36.9. The van der Waals surface area contributed by atoms with E-state index in [1.807, 2.05) is 84.9 Å². The van der Waals surface area contributed by atoms with E-state index in [4.69, 9.17) is 15.0 Å². The van der Waals surface area contributed by atoms with E-state index in [1.54, 1.807) is 0 Å². The number of rotatable bonds is 7. The van der Waals surface area contributed by atoms with Crippen LogP contribution in [0, 0.1) is 11.3 Å². The fourth-order valence-electron chi connectivity index (χ4n) is 9.38. The van der Waals surface area contributed by atoms with Crippen LogP contribution in [0.15, 0.2) is 218 Å². The molecule has 0 amide bonds. The van der Waals surface area contributed by atoms with Gasteiger partial charge in [0.25, 0.3) is 0 Å². The molecule has 0 unspecified atom stereocenters. The Bertz CT molecular complexity index is 3710. The maximum atomic E-state index is 11.1. The first-order valence-electron chi connectivity index (χ1n) is 21.3. The Morgan fingerprint density at radius 2 is 0.734 bits per heavy atom. The molecule has 3 aromatic heterocycles. The van der Waals surface area contributed by atoms with Gasteiger partial charge in [-0.1, -0.05) is 146 Å². The van der Waals surface area contributed by atoms with Gasteiger partial charge in [0.2, 0.25) is 0 Å². The summed E-state index contributed by atoms with van der Waals surface area (Å²) in [5.74, 6) is 1.65. The minimum atomic E-state index is 0.516. The predicted octanol–water partition coefficient (Wildman–Crippen LogP) is 14.3. The highest BCUT2D eigenvalue weighted by Crippen LogP contribution is 2.45. The third-order valence-electron chi connectivity index (χ3n) is 12.2. The van der Waals surface area contributed by atoms with Crippen molar-refractivity contribution >= 4 is 43.6 Å². The molecule has 0 aliphatic rings. The Morgan fingerprint density at radius 3 is 1.22 bits per heavy atom. The minimum absolute atomic E-state index is 0.516. The van der Waals surface area contributed by atoms with Crippen molar-refractivity contribution in [3.8, 4) is 73.9 Å². The lowest BCUT2D eigenvalue weighted by molar-refractivity contribution is 1.07. The number of para-hydroxylation sites is 4. The molecule has 0 saturated heterocycles. The SMILES string of the molecule is N#Cc1ccc(-c2nc(-c3ccccc3)nc(-c3ccccc3)n2)c(-c2ccc3c(c2)c2ccccc2n3-c2ccccc2)c1-c1ccc2c(c1)c1ccccc1n2-c1ccccc1. The van der Waals surface area contributed by atoms with Crippen molar-refractivity contribution in [2.45, 2.75) is 0 Å². The third-order valence-corrected chi connectivity index (χ3v) is 12.2. The van der Waals surface area contributed by atoms with E-state index in [0.717, 1.165) is 93.9 Å². The second-order valence-corrected chi connectivity index (χ2v) is 15.9. The van der Waals surface area contributed by atoms with Crippen LogP contribution in [0.4, 0.5) is 0 Å². The maximum absolute atomic E-state index is 11.1. The molecular weight excluding hydrogens is 781 g/mol. The van der Waals surface area contributed by atoms with Crippen molar-refractivity contribution in [2.75, 3.05) is 0 Å². The molecular formula is C58H36N6. The number of aromatic nitrogens is 5. The van der Waals surface area contributed by atoms with Crippen LogP contribution < -0.4 is 0 Å². The van der Waals surface area contributed by atoms with E-state index in [0.29, 0.717) is 23.0 Å². The van der Waals surface area contributed by atoms with Crippen molar-refractivity contribution in [3.05, 3.63) is 224 Å². The molecule has 0 spiro atoms. The molecule has 0 aliphatic carbocycles. The topological polar surface area (TPSA) is 72.3 Å². The molecule has 0 aliphatic heterocycles. The summed E-state index contributed by atoms with van der Waals surface area (Å²) in [6.45, 7) is 0. The van der Waals surface area contributed by atoms with Gasteiger partial charge >= 0.3 is 0 Å². The van der Waals surface area contributed by atoms with E-state index >= 15 is 0 Å². The summed E-state index contributed by atoms with van der Waals surface area (Å²) in [6.07, 6.45) is 0. The maximum Gasteiger partial charge on any atom is 0.164 e. The van der Waals surface area contributed by atoms with Crippen LogP contribution >= 0.6 is 0 Å². The first-order valence-corrected chi connectivity index (χ1v) is 21.3. The average molecular weight is 817 g/mol. The zero-order valence-electron chi connectivity index (χ0n) is 34.5. The van der Waals surface area contributed by atoms with Crippen LogP contribution in [0.5, 0.6) is 0 Å². The van der Waals surface area contributed by atoms with Crippen LogP contribution in [0.1, 0.15) is 5.56 Å². The van der Waals surface area contributed by atoms with Crippen molar-refractivity contribution in [3.63, 3.8) is 0 Å². The predicted molar refractivity (Wildman–Crippen MR) is 260 cm³/mol. The summed E-state index contributed by atoms with van der Waals surface area (Å²) in [5, 5.41) is 15.5. The average Bonchev–Trinajstić information content (AvgIpc) is 3.89. The summed E-state index contributed by atoms with van der Waals surface area (Å²) in [5.41, 5.74) is 13.2. The van der Waals surface area contributed by atoms with Crippen molar-refractivity contribution < 1.29 is 0 Å². The zero-order chi connectivity index (χ0) is 42.6. The first-order chi connectivity index (χ1) is 31.7. The van der Waals surface area contributed by atoms with E-state index < -0.39 is 0 Å². The summed E-state index contributed by atoms with van der Waals surface area (Å²) in [4.78, 5) is 15.5. The van der Waals surface area contributed by atoms with Crippen LogP contribution in [-0.2, 0) is 0 Å². The molecule has 298 valence electrons. The number of hydrogen-bond acceptors (Lipinski definition) is 4. The van der Waals surface area contributed by atoms with Gasteiger partial charge in [-0.25, -0.2) is 15.0 Å². The number of hydrogen-bond donors (Lipinski definition) is 0. The molecule has 12 aromatic rings. The quantitative estimate of drug-likeness (QED) is 0.161. The van der Waals surface area contributed by atoms with Gasteiger partial charge in [-0.2, -0.15) is 5.26 Å². The molecule has 0 radical (unpaired) electrons. The molecule has 0 atom stereocenters. The van der Waals surface area contributed by atoms with Crippen molar-refractivity contribution in [1.82, 2.24) is 24.1 Å². The smallest absolute Gasteiger partial charge is 0.164 e. The molecule has 0 fully saturated rings. The van der Waals surface area contributed by atoms with E-state index in [9.17, 15) is 5.26 Å². The summed E-state index contributed by atoms with van der Waals surface area (Å²) in [6, 6.07) is 77.9. The summed E-state index contributed by atoms with van der Waals surface area (Å²) >= 11 is 0. The van der Waals surface area contributed by atoms with Crippen LogP contribution in [0.2, 0.25) is 0 Å². The Morgan fingerprint density at radius 1 is 0.328 bits per heavy atom. The molecule has 6 heteroatoms. The van der Waals surface area contributed by atoms with Gasteiger partial charge < -0.3 is 9.13 Å². The van der Waals surface area contributed by atoms with E-state index in [1.165, 1.54) is 0 Å². The largest absolute Gasteiger partial charge is 0.309 e. The van der Waals surface area contributed by atoms with Gasteiger partial charge in [0.15, 0.2) is 17.5 Å². The van der Waals surface area contributed by atoms with Gasteiger partial charge in [-0.3, -0.25) is 0 Å². The van der Waals surface area contributed by atoms with Crippen molar-refractivity contribution in [1.29, 1.82) is 5.26 Å². The lowest BCUT2D eigenvalue weighted by Crippen LogP contribution is -2.02. The zero-order valence-corrected chi connectivity index (χ0v) is 34.5. The Kier molecular flexibility index (Phi) is 8.77. The highest BCUT2D eigenvalue weighted by Gasteiger charge is 2.24. The Balaban J connectivity index is 1.18. The van der Waals surface area contributed by atoms with Crippen LogP contribution in [-0.4, -0.2) is 24.1 Å². The fourth-order valence-corrected chi connectivity index (χ4v) is 9.38. The van der Waals surface area contributed by atoms with Crippen molar-refractivity contribution in [2.24, 2.45) is 0 Å². The molecule has 3 heterocycles. The second kappa shape index (κ2) is 15.2. The third kappa shape index (κ3) is 6.06. The molecule has 6 nitrogen and oxygen atoms in total. The summed E-state index contributed by atoms with van der Waals surface area (Å²) in [7, 11) is 0. The molecule has 0 saturated carbocycles. The number of nitrogens with zero attached hydrogens (tertiary/aromatic N) is 6. The monoisotopic (exact) mass is 816 g/mol. The van der Waals surface area contributed by atoms with E-state index in [2.05, 4.69) is 149 Å². The molecule has 64 heavy (non-hydrogen) atoms. The second-order valence-electron chi connectivity index (χ2n) is 15.9. The Labute approximate surface area is 369 Å². The van der Waals surface area contributed by atoms with Crippen LogP contribution in [0.25, 0.3) is 111 Å². The molecule has 12 rings (SSSR count). The number of fused-ring (bicyclic) bond motifs is 6. The van der Waals surface area contributed by atoms with Crippen LogP contribution in [0.3, 0.4) is 0 Å². The normalized spacial score (nSPS) is 11.4. The molecule has 9 aromatic carbocycles. The fraction of sp³-hybridized carbons (Fsp3) is 0. The highest BCUT2D eigenvalue weighted by atomic mass is 15.0. The van der Waals surface area contributed by atoms with Gasteiger partial charge in [-0.15, -0.1) is 0 Å². The van der Waals surface area contributed by atoms with Gasteiger partial charge in [0.1, 0.15) is 0 Å². The number of benzene rings is 9. The van der Waals surface area contributed by atoms with Gasteiger partial charge in [0, 0.05) is 60.7 Å². The molecule has 0 N–H and O–H groups in total. The molecule has 0 bridgehead atoms.